The van der Waals surface area contributed by atoms with E-state index in [1.54, 1.807) is 0 Å². The van der Waals surface area contributed by atoms with Gasteiger partial charge in [0.15, 0.2) is 0 Å². The maximum atomic E-state index is 11.4. The predicted molar refractivity (Wildman–Crippen MR) is 118 cm³/mol. The highest BCUT2D eigenvalue weighted by Crippen LogP contribution is 2.14. The van der Waals surface area contributed by atoms with E-state index in [2.05, 4.69) is 6.92 Å². The van der Waals surface area contributed by atoms with Crippen LogP contribution in [0.3, 0.4) is 0 Å². The molecule has 0 saturated carbocycles. The summed E-state index contributed by atoms with van der Waals surface area (Å²) >= 11 is -0.789. The molecule has 0 amide bonds. The molecule has 2 nitrogen and oxygen atoms in total. The van der Waals surface area contributed by atoms with Crippen LogP contribution in [0.2, 0.25) is 0 Å². The molecule has 0 heterocycles. The predicted octanol–water partition coefficient (Wildman–Crippen LogP) is 7.16. The maximum absolute atomic E-state index is 11.4. The molecule has 0 aromatic heterocycles. The van der Waals surface area contributed by atoms with Gasteiger partial charge in [-0.15, -0.1) is 0 Å². The maximum Gasteiger partial charge on any atom is 0.128 e. The third-order valence-corrected chi connectivity index (χ3v) is 6.68. The highest BCUT2D eigenvalue weighted by Gasteiger charge is 2.03. The molecular formula is C23H48O2S. The number of rotatable bonds is 22. The summed E-state index contributed by atoms with van der Waals surface area (Å²) in [7, 11) is 0. The average Bonchev–Trinajstić information content (AvgIpc) is 2.64. The van der Waals surface area contributed by atoms with Gasteiger partial charge >= 0.3 is 0 Å². The Morgan fingerprint density at radius 2 is 0.808 bits per heavy atom. The van der Waals surface area contributed by atoms with Crippen molar-refractivity contribution < 1.29 is 9.66 Å². The SMILES string of the molecule is CCCCCCCCCCCCCCCCCCCCC[S+]([O-])CCO. The van der Waals surface area contributed by atoms with Gasteiger partial charge < -0.3 is 9.66 Å². The minimum absolute atomic E-state index is 0.0612. The van der Waals surface area contributed by atoms with Gasteiger partial charge in [0.1, 0.15) is 11.5 Å². The van der Waals surface area contributed by atoms with Crippen molar-refractivity contribution in [1.29, 1.82) is 0 Å². The first-order valence-electron chi connectivity index (χ1n) is 11.8. The van der Waals surface area contributed by atoms with Crippen LogP contribution >= 0.6 is 0 Å². The van der Waals surface area contributed by atoms with E-state index in [4.69, 9.17) is 5.11 Å². The molecule has 0 aliphatic heterocycles. The minimum Gasteiger partial charge on any atom is -0.616 e. The summed E-state index contributed by atoms with van der Waals surface area (Å²) in [5, 5.41) is 8.70. The van der Waals surface area contributed by atoms with Gasteiger partial charge in [0, 0.05) is 0 Å². The van der Waals surface area contributed by atoms with Crippen molar-refractivity contribution in [2.75, 3.05) is 18.1 Å². The Hall–Kier alpha value is 0.270. The molecule has 0 aromatic rings. The first-order chi connectivity index (χ1) is 12.8. The first kappa shape index (κ1) is 26.3. The van der Waals surface area contributed by atoms with Gasteiger partial charge in [0.05, 0.1) is 6.61 Å². The van der Waals surface area contributed by atoms with Crippen LogP contribution in [0.25, 0.3) is 0 Å². The van der Waals surface area contributed by atoms with Crippen LogP contribution in [0.4, 0.5) is 0 Å². The standard InChI is InChI=1S/C23H48O2S/c1-2-3-4-5-6-7-8-9-10-11-12-13-14-15-16-17-18-19-20-22-26(25)23-21-24/h24H,2-23H2,1H3. The van der Waals surface area contributed by atoms with Crippen LogP contribution in [-0.2, 0) is 11.2 Å². The number of hydrogen-bond acceptors (Lipinski definition) is 2. The molecule has 0 aliphatic carbocycles. The zero-order valence-corrected chi connectivity index (χ0v) is 18.6. The Kier molecular flexibility index (Phi) is 23.6. The van der Waals surface area contributed by atoms with E-state index in [0.29, 0.717) is 5.75 Å². The first-order valence-corrected chi connectivity index (χ1v) is 13.3. The van der Waals surface area contributed by atoms with Crippen molar-refractivity contribution in [3.8, 4) is 0 Å². The highest BCUT2D eigenvalue weighted by atomic mass is 32.2. The van der Waals surface area contributed by atoms with Crippen molar-refractivity contribution in [1.82, 2.24) is 0 Å². The third kappa shape index (κ3) is 22.3. The summed E-state index contributed by atoms with van der Waals surface area (Å²) in [6.45, 7) is 2.35. The van der Waals surface area contributed by atoms with E-state index in [9.17, 15) is 4.55 Å². The molecule has 158 valence electrons. The normalized spacial score (nSPS) is 12.6. The second kappa shape index (κ2) is 23.3. The Bertz CT molecular complexity index is 248. The Labute approximate surface area is 168 Å². The van der Waals surface area contributed by atoms with Gasteiger partial charge in [-0.3, -0.25) is 0 Å². The molecule has 26 heavy (non-hydrogen) atoms. The van der Waals surface area contributed by atoms with Crippen molar-refractivity contribution in [3.05, 3.63) is 0 Å². The summed E-state index contributed by atoms with van der Waals surface area (Å²) in [5.74, 6) is 1.23. The molecule has 1 N–H and O–H groups in total. The lowest BCUT2D eigenvalue weighted by Gasteiger charge is -2.08. The lowest BCUT2D eigenvalue weighted by atomic mass is 10.0. The fraction of sp³-hybridized carbons (Fsp3) is 1.00. The lowest BCUT2D eigenvalue weighted by Crippen LogP contribution is -2.13. The van der Waals surface area contributed by atoms with E-state index < -0.39 is 11.2 Å². The van der Waals surface area contributed by atoms with Crippen LogP contribution in [0.1, 0.15) is 129 Å². The van der Waals surface area contributed by atoms with E-state index >= 15 is 0 Å². The van der Waals surface area contributed by atoms with Crippen LogP contribution < -0.4 is 0 Å². The molecule has 0 rings (SSSR count). The van der Waals surface area contributed by atoms with Crippen molar-refractivity contribution in [2.24, 2.45) is 0 Å². The molecular weight excluding hydrogens is 340 g/mol. The topological polar surface area (TPSA) is 43.3 Å². The van der Waals surface area contributed by atoms with Crippen molar-refractivity contribution in [3.63, 3.8) is 0 Å². The van der Waals surface area contributed by atoms with Gasteiger partial charge in [-0.25, -0.2) is 0 Å². The van der Waals surface area contributed by atoms with E-state index in [0.717, 1.165) is 12.2 Å². The number of unbranched alkanes of at least 4 members (excludes halogenated alkanes) is 18. The second-order valence-corrected chi connectivity index (χ2v) is 9.63. The van der Waals surface area contributed by atoms with Gasteiger partial charge in [-0.2, -0.15) is 0 Å². The molecule has 1 atom stereocenters. The average molecular weight is 389 g/mol. The molecule has 3 heteroatoms. The number of aliphatic hydroxyl groups excluding tert-OH is 1. The largest absolute Gasteiger partial charge is 0.616 e. The molecule has 0 saturated heterocycles. The summed E-state index contributed by atoms with van der Waals surface area (Å²) in [6, 6.07) is 0. The summed E-state index contributed by atoms with van der Waals surface area (Å²) < 4.78 is 11.4. The van der Waals surface area contributed by atoms with Gasteiger partial charge in [0.25, 0.3) is 0 Å². The van der Waals surface area contributed by atoms with E-state index in [1.165, 1.54) is 116 Å². The summed E-state index contributed by atoms with van der Waals surface area (Å²) in [6.07, 6.45) is 26.3. The fourth-order valence-corrected chi connectivity index (χ4v) is 4.48. The van der Waals surface area contributed by atoms with Gasteiger partial charge in [-0.05, 0) is 12.8 Å². The summed E-state index contributed by atoms with van der Waals surface area (Å²) in [5.41, 5.74) is 0. The smallest absolute Gasteiger partial charge is 0.128 e. The summed E-state index contributed by atoms with van der Waals surface area (Å²) in [4.78, 5) is 0. The Morgan fingerprint density at radius 1 is 0.500 bits per heavy atom. The zero-order valence-electron chi connectivity index (χ0n) is 17.8. The molecule has 0 radical (unpaired) electrons. The molecule has 0 spiro atoms. The number of hydrogen-bond donors (Lipinski definition) is 1. The third-order valence-electron chi connectivity index (χ3n) is 5.29. The lowest BCUT2D eigenvalue weighted by molar-refractivity contribution is 0.319. The van der Waals surface area contributed by atoms with Crippen LogP contribution in [0.5, 0.6) is 0 Å². The Morgan fingerprint density at radius 3 is 1.12 bits per heavy atom. The van der Waals surface area contributed by atoms with Gasteiger partial charge in [-0.1, -0.05) is 127 Å². The Balaban J connectivity index is 3.01. The van der Waals surface area contributed by atoms with E-state index in [1.807, 2.05) is 0 Å². The zero-order chi connectivity index (χ0) is 19.1. The number of aliphatic hydroxyl groups is 1. The molecule has 0 aromatic carbocycles. The van der Waals surface area contributed by atoms with Crippen molar-refractivity contribution in [2.45, 2.75) is 129 Å². The molecule has 1 unspecified atom stereocenters. The van der Waals surface area contributed by atoms with Gasteiger partial charge in [0.2, 0.25) is 0 Å². The second-order valence-electron chi connectivity index (χ2n) is 7.94. The van der Waals surface area contributed by atoms with Crippen LogP contribution in [-0.4, -0.2) is 27.8 Å². The fourth-order valence-electron chi connectivity index (χ4n) is 3.55. The molecule has 0 aliphatic rings. The highest BCUT2D eigenvalue weighted by molar-refractivity contribution is 7.91. The minimum atomic E-state index is -0.789. The van der Waals surface area contributed by atoms with Crippen molar-refractivity contribution >= 4 is 11.2 Å². The molecule has 0 fully saturated rings. The molecule has 0 bridgehead atoms. The van der Waals surface area contributed by atoms with Crippen LogP contribution in [0, 0.1) is 0 Å². The van der Waals surface area contributed by atoms with E-state index in [-0.39, 0.29) is 6.61 Å². The quantitative estimate of drug-likeness (QED) is 0.158. The monoisotopic (exact) mass is 388 g/mol. The van der Waals surface area contributed by atoms with Crippen LogP contribution in [0.15, 0.2) is 0 Å².